The van der Waals surface area contributed by atoms with Crippen LogP contribution in [-0.2, 0) is 17.9 Å². The molecule has 146 valence electrons. The number of rotatable bonds is 7. The summed E-state index contributed by atoms with van der Waals surface area (Å²) in [5, 5.41) is 9.26. The van der Waals surface area contributed by atoms with Crippen LogP contribution in [0.4, 0.5) is 0 Å². The van der Waals surface area contributed by atoms with Gasteiger partial charge in [0.1, 0.15) is 0 Å². The SMILES string of the molecule is O=C(O)c1cccc(CN(Cc2ccccc2)C(=O)CC2CC3CCC2C3)c1. The number of amides is 1. The van der Waals surface area contributed by atoms with Crippen molar-refractivity contribution >= 4 is 11.9 Å². The molecule has 4 rings (SSSR count). The minimum absolute atomic E-state index is 0.183. The number of fused-ring (bicyclic) bond motifs is 2. The Kier molecular flexibility index (Phi) is 5.47. The van der Waals surface area contributed by atoms with Crippen LogP contribution in [0.1, 0.15) is 53.6 Å². The zero-order valence-electron chi connectivity index (χ0n) is 16.1. The zero-order chi connectivity index (χ0) is 19.5. The van der Waals surface area contributed by atoms with Crippen LogP contribution < -0.4 is 0 Å². The van der Waals surface area contributed by atoms with Crippen LogP contribution >= 0.6 is 0 Å². The third-order valence-electron chi connectivity index (χ3n) is 6.44. The van der Waals surface area contributed by atoms with E-state index < -0.39 is 5.97 Å². The summed E-state index contributed by atoms with van der Waals surface area (Å²) in [7, 11) is 0. The summed E-state index contributed by atoms with van der Waals surface area (Å²) in [5.41, 5.74) is 2.22. The van der Waals surface area contributed by atoms with Gasteiger partial charge in [0, 0.05) is 19.5 Å². The lowest BCUT2D eigenvalue weighted by Gasteiger charge is -2.27. The molecule has 2 aromatic carbocycles. The van der Waals surface area contributed by atoms with E-state index in [1.54, 1.807) is 18.2 Å². The Labute approximate surface area is 166 Å². The first-order chi connectivity index (χ1) is 13.6. The Morgan fingerprint density at radius 1 is 0.929 bits per heavy atom. The highest BCUT2D eigenvalue weighted by molar-refractivity contribution is 5.87. The number of carbonyl (C=O) groups excluding carboxylic acids is 1. The molecule has 2 saturated carbocycles. The van der Waals surface area contributed by atoms with Crippen molar-refractivity contribution in [3.63, 3.8) is 0 Å². The molecule has 2 bridgehead atoms. The van der Waals surface area contributed by atoms with E-state index in [9.17, 15) is 14.7 Å². The number of benzene rings is 2. The fourth-order valence-corrected chi connectivity index (χ4v) is 5.04. The van der Waals surface area contributed by atoms with Gasteiger partial charge in [-0.3, -0.25) is 4.79 Å². The molecule has 0 aromatic heterocycles. The first kappa shape index (κ1) is 18.7. The van der Waals surface area contributed by atoms with Gasteiger partial charge in [-0.05, 0) is 60.3 Å². The zero-order valence-corrected chi connectivity index (χ0v) is 16.1. The van der Waals surface area contributed by atoms with Crippen LogP contribution in [0.3, 0.4) is 0 Å². The lowest BCUT2D eigenvalue weighted by Crippen LogP contribution is -2.32. The van der Waals surface area contributed by atoms with Crippen molar-refractivity contribution in [2.75, 3.05) is 0 Å². The smallest absolute Gasteiger partial charge is 0.335 e. The molecule has 1 N–H and O–H groups in total. The van der Waals surface area contributed by atoms with E-state index in [-0.39, 0.29) is 11.5 Å². The summed E-state index contributed by atoms with van der Waals surface area (Å²) in [6.07, 6.45) is 5.74. The number of nitrogens with zero attached hydrogens (tertiary/aromatic N) is 1. The van der Waals surface area contributed by atoms with Crippen LogP contribution in [0.25, 0.3) is 0 Å². The Bertz CT molecular complexity index is 848. The third kappa shape index (κ3) is 4.27. The van der Waals surface area contributed by atoms with E-state index in [2.05, 4.69) is 0 Å². The molecule has 0 radical (unpaired) electrons. The summed E-state index contributed by atoms with van der Waals surface area (Å²) in [4.78, 5) is 26.4. The van der Waals surface area contributed by atoms with Crippen molar-refractivity contribution in [2.24, 2.45) is 17.8 Å². The van der Waals surface area contributed by atoms with E-state index in [1.165, 1.54) is 25.7 Å². The predicted molar refractivity (Wildman–Crippen MR) is 108 cm³/mol. The number of carbonyl (C=O) groups is 2. The molecular weight excluding hydrogens is 350 g/mol. The lowest BCUT2D eigenvalue weighted by molar-refractivity contribution is -0.133. The average molecular weight is 377 g/mol. The minimum atomic E-state index is -0.940. The van der Waals surface area contributed by atoms with Gasteiger partial charge in [0.05, 0.1) is 5.56 Å². The van der Waals surface area contributed by atoms with Gasteiger partial charge in [-0.2, -0.15) is 0 Å². The Hall–Kier alpha value is -2.62. The van der Waals surface area contributed by atoms with Crippen LogP contribution in [0.15, 0.2) is 54.6 Å². The summed E-state index contributed by atoms with van der Waals surface area (Å²) in [5.74, 6) is 1.32. The van der Waals surface area contributed by atoms with Gasteiger partial charge in [0.2, 0.25) is 5.91 Å². The van der Waals surface area contributed by atoms with Gasteiger partial charge in [0.15, 0.2) is 0 Å². The Morgan fingerprint density at radius 2 is 1.68 bits per heavy atom. The molecule has 0 spiro atoms. The standard InChI is InChI=1S/C24H27NO3/c26-23(14-22-12-18-9-10-20(22)11-18)25(15-17-5-2-1-3-6-17)16-19-7-4-8-21(13-19)24(27)28/h1-8,13,18,20,22H,9-12,14-16H2,(H,27,28). The van der Waals surface area contributed by atoms with Crippen molar-refractivity contribution in [2.45, 2.75) is 45.2 Å². The maximum atomic E-state index is 13.2. The summed E-state index contributed by atoms with van der Waals surface area (Å²) < 4.78 is 0. The Morgan fingerprint density at radius 3 is 2.36 bits per heavy atom. The first-order valence-corrected chi connectivity index (χ1v) is 10.2. The summed E-state index contributed by atoms with van der Waals surface area (Å²) in [6.45, 7) is 0.994. The number of hydrogen-bond donors (Lipinski definition) is 1. The van der Waals surface area contributed by atoms with Crippen molar-refractivity contribution in [3.05, 3.63) is 71.3 Å². The Balaban J connectivity index is 1.50. The van der Waals surface area contributed by atoms with E-state index in [4.69, 9.17) is 0 Å². The summed E-state index contributed by atoms with van der Waals surface area (Å²) in [6, 6.07) is 16.9. The molecule has 2 fully saturated rings. The lowest BCUT2D eigenvalue weighted by atomic mass is 9.86. The predicted octanol–water partition coefficient (Wildman–Crippen LogP) is 4.74. The molecule has 28 heavy (non-hydrogen) atoms. The van der Waals surface area contributed by atoms with Gasteiger partial charge in [-0.15, -0.1) is 0 Å². The monoisotopic (exact) mass is 377 g/mol. The molecule has 3 unspecified atom stereocenters. The van der Waals surface area contributed by atoms with Crippen molar-refractivity contribution in [3.8, 4) is 0 Å². The molecule has 0 aliphatic heterocycles. The fourth-order valence-electron chi connectivity index (χ4n) is 5.04. The number of carboxylic acids is 1. The maximum absolute atomic E-state index is 13.2. The molecule has 2 aliphatic rings. The van der Waals surface area contributed by atoms with Crippen LogP contribution in [0.2, 0.25) is 0 Å². The minimum Gasteiger partial charge on any atom is -0.478 e. The summed E-state index contributed by atoms with van der Waals surface area (Å²) >= 11 is 0. The highest BCUT2D eigenvalue weighted by atomic mass is 16.4. The molecule has 4 nitrogen and oxygen atoms in total. The number of carboxylic acid groups (broad SMARTS) is 1. The van der Waals surface area contributed by atoms with E-state index >= 15 is 0 Å². The second-order valence-corrected chi connectivity index (χ2v) is 8.38. The van der Waals surface area contributed by atoms with Gasteiger partial charge in [-0.25, -0.2) is 4.79 Å². The van der Waals surface area contributed by atoms with Gasteiger partial charge in [-0.1, -0.05) is 48.9 Å². The van der Waals surface area contributed by atoms with Gasteiger partial charge in [0.25, 0.3) is 0 Å². The quantitative estimate of drug-likeness (QED) is 0.758. The van der Waals surface area contributed by atoms with Crippen molar-refractivity contribution in [1.82, 2.24) is 4.90 Å². The first-order valence-electron chi connectivity index (χ1n) is 10.2. The van der Waals surface area contributed by atoms with Gasteiger partial charge >= 0.3 is 5.97 Å². The molecule has 2 aliphatic carbocycles. The second kappa shape index (κ2) is 8.17. The molecule has 2 aromatic rings. The molecule has 0 saturated heterocycles. The van der Waals surface area contributed by atoms with Crippen LogP contribution in [-0.4, -0.2) is 21.9 Å². The molecule has 1 amide bonds. The van der Waals surface area contributed by atoms with Crippen LogP contribution in [0.5, 0.6) is 0 Å². The molecule has 3 atom stereocenters. The van der Waals surface area contributed by atoms with Crippen molar-refractivity contribution in [1.29, 1.82) is 0 Å². The van der Waals surface area contributed by atoms with Gasteiger partial charge < -0.3 is 10.0 Å². The van der Waals surface area contributed by atoms with E-state index in [1.807, 2.05) is 41.3 Å². The highest BCUT2D eigenvalue weighted by Gasteiger charge is 2.40. The normalized spacial score (nSPS) is 22.9. The molecule has 0 heterocycles. The van der Waals surface area contributed by atoms with E-state index in [0.717, 1.165) is 23.0 Å². The number of aromatic carboxylic acids is 1. The highest BCUT2D eigenvalue weighted by Crippen LogP contribution is 2.49. The third-order valence-corrected chi connectivity index (χ3v) is 6.44. The largest absolute Gasteiger partial charge is 0.478 e. The number of hydrogen-bond acceptors (Lipinski definition) is 2. The van der Waals surface area contributed by atoms with E-state index in [0.29, 0.717) is 25.4 Å². The second-order valence-electron chi connectivity index (χ2n) is 8.38. The molecular formula is C24H27NO3. The average Bonchev–Trinajstić information content (AvgIpc) is 3.31. The van der Waals surface area contributed by atoms with Crippen molar-refractivity contribution < 1.29 is 14.7 Å². The molecule has 4 heteroatoms. The topological polar surface area (TPSA) is 57.6 Å². The fraction of sp³-hybridized carbons (Fsp3) is 0.417. The van der Waals surface area contributed by atoms with Crippen LogP contribution in [0, 0.1) is 17.8 Å². The maximum Gasteiger partial charge on any atom is 0.335 e.